The van der Waals surface area contributed by atoms with Crippen molar-refractivity contribution in [3.8, 4) is 0 Å². The standard InChI is InChI=1S/C13H16N2S.C9H10F2/c1-3-10-6-11(9(2)16)4-5-13(10)12(7-14)8-15;1-3-7-8(10)5-4-6(2)9(7)11/h4-8,14H,3,15H2,1-2H3;4-5H,3H2,1-2H3/b12-8+,14-7?;. The van der Waals surface area contributed by atoms with Crippen LogP contribution in [0.3, 0.4) is 0 Å². The van der Waals surface area contributed by atoms with Gasteiger partial charge >= 0.3 is 0 Å². The molecular weight excluding hydrogens is 362 g/mol. The lowest BCUT2D eigenvalue weighted by Crippen LogP contribution is -1.99. The lowest BCUT2D eigenvalue weighted by molar-refractivity contribution is 0.553. The molecule has 2 rings (SSSR count). The number of nitrogens with two attached hydrogens (primary N) is 1. The van der Waals surface area contributed by atoms with Crippen molar-refractivity contribution >= 4 is 28.9 Å². The Balaban J connectivity index is 0.000000289. The molecule has 2 aromatic carbocycles. The number of hydrogen-bond acceptors (Lipinski definition) is 3. The minimum Gasteiger partial charge on any atom is -0.404 e. The first kappa shape index (κ1) is 22.6. The molecule has 3 N–H and O–H groups in total. The highest BCUT2D eigenvalue weighted by molar-refractivity contribution is 7.80. The van der Waals surface area contributed by atoms with Crippen molar-refractivity contribution in [2.45, 2.75) is 40.5 Å². The predicted molar refractivity (Wildman–Crippen MR) is 115 cm³/mol. The number of halogens is 2. The monoisotopic (exact) mass is 388 g/mol. The Morgan fingerprint density at radius 1 is 1.15 bits per heavy atom. The van der Waals surface area contributed by atoms with Crippen molar-refractivity contribution in [3.05, 3.63) is 76.0 Å². The maximum absolute atomic E-state index is 13.0. The quantitative estimate of drug-likeness (QED) is 0.388. The minimum atomic E-state index is -0.449. The molecule has 0 saturated carbocycles. The predicted octanol–water partition coefficient (Wildman–Crippen LogP) is 5.77. The van der Waals surface area contributed by atoms with Crippen LogP contribution in [-0.4, -0.2) is 11.1 Å². The summed E-state index contributed by atoms with van der Waals surface area (Å²) in [6, 6.07) is 8.78. The normalized spacial score (nSPS) is 10.8. The summed E-state index contributed by atoms with van der Waals surface area (Å²) in [5.74, 6) is -0.858. The Morgan fingerprint density at radius 3 is 2.26 bits per heavy atom. The molecule has 0 aliphatic carbocycles. The van der Waals surface area contributed by atoms with Crippen LogP contribution in [0.2, 0.25) is 0 Å². The average molecular weight is 389 g/mol. The second-order valence-electron chi connectivity index (χ2n) is 6.06. The number of nitrogens with one attached hydrogen (secondary N) is 1. The van der Waals surface area contributed by atoms with Crippen molar-refractivity contribution < 1.29 is 8.78 Å². The van der Waals surface area contributed by atoms with Crippen molar-refractivity contribution in [3.63, 3.8) is 0 Å². The van der Waals surface area contributed by atoms with Gasteiger partial charge in [0.25, 0.3) is 0 Å². The van der Waals surface area contributed by atoms with Crippen LogP contribution in [0.1, 0.15) is 48.6 Å². The number of benzene rings is 2. The molecule has 0 saturated heterocycles. The van der Waals surface area contributed by atoms with Gasteiger partial charge in [-0.05, 0) is 55.0 Å². The molecule has 0 bridgehead atoms. The Morgan fingerprint density at radius 2 is 1.81 bits per heavy atom. The smallest absolute Gasteiger partial charge is 0.132 e. The molecule has 0 spiro atoms. The van der Waals surface area contributed by atoms with E-state index >= 15 is 0 Å². The van der Waals surface area contributed by atoms with E-state index in [4.69, 9.17) is 23.4 Å². The van der Waals surface area contributed by atoms with E-state index in [1.807, 2.05) is 19.1 Å². The average Bonchev–Trinajstić information content (AvgIpc) is 2.67. The summed E-state index contributed by atoms with van der Waals surface area (Å²) in [6.07, 6.45) is 4.04. The van der Waals surface area contributed by atoms with Crippen LogP contribution < -0.4 is 5.73 Å². The molecule has 0 unspecified atom stereocenters. The topological polar surface area (TPSA) is 49.9 Å². The van der Waals surface area contributed by atoms with Crippen molar-refractivity contribution in [1.29, 1.82) is 5.41 Å². The zero-order valence-corrected chi connectivity index (χ0v) is 17.0. The third-order valence-electron chi connectivity index (χ3n) is 4.27. The highest BCUT2D eigenvalue weighted by atomic mass is 32.1. The first-order chi connectivity index (χ1) is 12.8. The van der Waals surface area contributed by atoms with E-state index in [0.717, 1.165) is 28.0 Å². The van der Waals surface area contributed by atoms with Crippen molar-refractivity contribution in [2.24, 2.45) is 5.73 Å². The Kier molecular flexibility index (Phi) is 8.95. The zero-order chi connectivity index (χ0) is 20.6. The molecular formula is C22H26F2N2S. The molecule has 144 valence electrons. The molecule has 0 aromatic heterocycles. The third kappa shape index (κ3) is 5.79. The molecule has 0 aliphatic rings. The van der Waals surface area contributed by atoms with Crippen molar-refractivity contribution in [1.82, 2.24) is 0 Å². The van der Waals surface area contributed by atoms with Gasteiger partial charge in [0, 0.05) is 28.4 Å². The second-order valence-corrected chi connectivity index (χ2v) is 6.67. The van der Waals surface area contributed by atoms with E-state index in [1.165, 1.54) is 30.1 Å². The number of allylic oxidation sites excluding steroid dienone is 1. The zero-order valence-electron chi connectivity index (χ0n) is 16.2. The molecule has 2 nitrogen and oxygen atoms in total. The maximum atomic E-state index is 13.0. The molecule has 0 aliphatic heterocycles. The third-order valence-corrected chi connectivity index (χ3v) is 4.51. The van der Waals surface area contributed by atoms with E-state index in [2.05, 4.69) is 13.0 Å². The SMILES string of the molecule is CCc1c(F)ccc(C)c1F.CCc1cc(C(C)=S)ccc1/C(C=N)=C/N. The largest absolute Gasteiger partial charge is 0.404 e. The van der Waals surface area contributed by atoms with Gasteiger partial charge in [-0.15, -0.1) is 0 Å². The van der Waals surface area contributed by atoms with Gasteiger partial charge in [0.05, 0.1) is 0 Å². The van der Waals surface area contributed by atoms with Crippen LogP contribution >= 0.6 is 12.2 Å². The summed E-state index contributed by atoms with van der Waals surface area (Å²) < 4.78 is 25.8. The second kappa shape index (κ2) is 10.7. The molecule has 0 heterocycles. The highest BCUT2D eigenvalue weighted by Gasteiger charge is 2.08. The summed E-state index contributed by atoms with van der Waals surface area (Å²) >= 11 is 5.15. The fourth-order valence-corrected chi connectivity index (χ4v) is 2.77. The molecule has 27 heavy (non-hydrogen) atoms. The van der Waals surface area contributed by atoms with Crippen LogP contribution in [0, 0.1) is 24.0 Å². The van der Waals surface area contributed by atoms with E-state index in [1.54, 1.807) is 13.8 Å². The summed E-state index contributed by atoms with van der Waals surface area (Å²) in [4.78, 5) is 0.884. The van der Waals surface area contributed by atoms with E-state index < -0.39 is 11.6 Å². The van der Waals surface area contributed by atoms with Gasteiger partial charge in [0.1, 0.15) is 11.6 Å². The Hall–Kier alpha value is -2.40. The van der Waals surface area contributed by atoms with Crippen LogP contribution in [0.25, 0.3) is 5.57 Å². The number of rotatable bonds is 5. The lowest BCUT2D eigenvalue weighted by Gasteiger charge is -2.10. The summed E-state index contributed by atoms with van der Waals surface area (Å²) in [6.45, 7) is 7.37. The molecule has 0 fully saturated rings. The summed E-state index contributed by atoms with van der Waals surface area (Å²) in [5, 5.41) is 7.31. The number of aryl methyl sites for hydroxylation is 2. The van der Waals surface area contributed by atoms with Gasteiger partial charge in [0.2, 0.25) is 0 Å². The van der Waals surface area contributed by atoms with Crippen LogP contribution in [0.4, 0.5) is 8.78 Å². The fourth-order valence-electron chi connectivity index (χ4n) is 2.64. The Labute approximate surface area is 165 Å². The number of hydrogen-bond donors (Lipinski definition) is 2. The maximum Gasteiger partial charge on any atom is 0.132 e. The van der Waals surface area contributed by atoms with Gasteiger partial charge in [-0.1, -0.05) is 50.3 Å². The summed E-state index contributed by atoms with van der Waals surface area (Å²) in [5.41, 5.74) is 10.2. The van der Waals surface area contributed by atoms with Crippen LogP contribution in [0.5, 0.6) is 0 Å². The summed E-state index contributed by atoms with van der Waals surface area (Å²) in [7, 11) is 0. The van der Waals surface area contributed by atoms with Gasteiger partial charge in [0.15, 0.2) is 0 Å². The van der Waals surface area contributed by atoms with Crippen LogP contribution in [0.15, 0.2) is 36.5 Å². The molecule has 5 heteroatoms. The van der Waals surface area contributed by atoms with Gasteiger partial charge in [-0.3, -0.25) is 0 Å². The van der Waals surface area contributed by atoms with Crippen molar-refractivity contribution in [2.75, 3.05) is 0 Å². The van der Waals surface area contributed by atoms with E-state index in [9.17, 15) is 8.78 Å². The van der Waals surface area contributed by atoms with E-state index in [0.29, 0.717) is 12.0 Å². The minimum absolute atomic E-state index is 0.185. The first-order valence-corrected chi connectivity index (χ1v) is 9.21. The number of thiocarbonyl (C=S) groups is 1. The van der Waals surface area contributed by atoms with Gasteiger partial charge < -0.3 is 11.1 Å². The van der Waals surface area contributed by atoms with Gasteiger partial charge in [-0.2, -0.15) is 0 Å². The molecule has 0 atom stereocenters. The fraction of sp³-hybridized carbons (Fsp3) is 0.273. The van der Waals surface area contributed by atoms with Crippen LogP contribution in [-0.2, 0) is 12.8 Å². The molecule has 0 amide bonds. The Bertz CT molecular complexity index is 858. The molecule has 0 radical (unpaired) electrons. The van der Waals surface area contributed by atoms with E-state index in [-0.39, 0.29) is 5.56 Å². The lowest BCUT2D eigenvalue weighted by atomic mass is 9.96. The first-order valence-electron chi connectivity index (χ1n) is 8.80. The van der Waals surface area contributed by atoms with Gasteiger partial charge in [-0.25, -0.2) is 8.78 Å². The highest BCUT2D eigenvalue weighted by Crippen LogP contribution is 2.20. The molecule has 2 aromatic rings.